The number of fused-ring (bicyclic) bond motifs is 3. The van der Waals surface area contributed by atoms with Gasteiger partial charge in [-0.2, -0.15) is 4.52 Å². The van der Waals surface area contributed by atoms with Gasteiger partial charge in [-0.05, 0) is 40.3 Å². The Morgan fingerprint density at radius 2 is 1.93 bits per heavy atom. The lowest BCUT2D eigenvalue weighted by atomic mass is 9.99. The number of nitrogens with zero attached hydrogens (tertiary/aromatic N) is 7. The van der Waals surface area contributed by atoms with Gasteiger partial charge in [0.25, 0.3) is 5.78 Å². The molecule has 0 spiro atoms. The number of hydrogen-bond acceptors (Lipinski definition) is 6. The SMILES string of the molecule is Cn1cncc1C(N)c1ccc2c(c1)c(-c1ccc(Cl)cc1)nc1nnnn12. The molecule has 0 aliphatic rings. The highest BCUT2D eigenvalue weighted by molar-refractivity contribution is 6.30. The lowest BCUT2D eigenvalue weighted by Gasteiger charge is -2.15. The monoisotopic (exact) mass is 390 g/mol. The van der Waals surface area contributed by atoms with Crippen molar-refractivity contribution >= 4 is 28.3 Å². The fourth-order valence-electron chi connectivity index (χ4n) is 3.36. The normalized spacial score (nSPS) is 12.7. The summed E-state index contributed by atoms with van der Waals surface area (Å²) in [6, 6.07) is 13.2. The molecule has 1 unspecified atom stereocenters. The molecule has 3 aromatic heterocycles. The van der Waals surface area contributed by atoms with Crippen LogP contribution in [-0.2, 0) is 7.05 Å². The Balaban J connectivity index is 1.77. The van der Waals surface area contributed by atoms with Gasteiger partial charge in [0.15, 0.2) is 0 Å². The first-order chi connectivity index (χ1) is 13.6. The van der Waals surface area contributed by atoms with Crippen molar-refractivity contribution in [3.8, 4) is 11.3 Å². The molecule has 0 aliphatic carbocycles. The first-order valence-electron chi connectivity index (χ1n) is 8.61. The summed E-state index contributed by atoms with van der Waals surface area (Å²) in [4.78, 5) is 8.83. The molecular weight excluding hydrogens is 376 g/mol. The third kappa shape index (κ3) is 2.62. The minimum absolute atomic E-state index is 0.320. The van der Waals surface area contributed by atoms with Crippen LogP contribution in [-0.4, -0.2) is 34.6 Å². The van der Waals surface area contributed by atoms with Crippen molar-refractivity contribution in [1.82, 2.24) is 34.6 Å². The molecule has 2 aromatic carbocycles. The van der Waals surface area contributed by atoms with E-state index < -0.39 is 0 Å². The maximum absolute atomic E-state index is 6.51. The van der Waals surface area contributed by atoms with E-state index in [2.05, 4.69) is 25.5 Å². The van der Waals surface area contributed by atoms with Gasteiger partial charge in [0, 0.05) is 23.0 Å². The standard InChI is InChI=1S/C19H15ClN8/c1-27-10-22-9-16(27)17(21)12-4-7-15-14(8-12)18(11-2-5-13(20)6-3-11)23-19-24-25-26-28(15)19/h2-10,17H,21H2,1H3. The Morgan fingerprint density at radius 3 is 2.68 bits per heavy atom. The number of hydrogen-bond donors (Lipinski definition) is 1. The minimum Gasteiger partial charge on any atom is -0.336 e. The van der Waals surface area contributed by atoms with Crippen molar-refractivity contribution < 1.29 is 0 Å². The number of nitrogens with two attached hydrogens (primary N) is 1. The number of halogens is 1. The number of tetrazole rings is 1. The fourth-order valence-corrected chi connectivity index (χ4v) is 3.48. The number of rotatable bonds is 3. The maximum atomic E-state index is 6.51. The molecule has 5 aromatic rings. The molecule has 138 valence electrons. The Morgan fingerprint density at radius 1 is 1.11 bits per heavy atom. The highest BCUT2D eigenvalue weighted by atomic mass is 35.5. The first-order valence-corrected chi connectivity index (χ1v) is 8.99. The molecule has 0 bridgehead atoms. The van der Waals surface area contributed by atoms with Gasteiger partial charge >= 0.3 is 0 Å². The molecule has 28 heavy (non-hydrogen) atoms. The number of imidazole rings is 1. The quantitative estimate of drug-likeness (QED) is 0.508. The molecule has 0 saturated carbocycles. The highest BCUT2D eigenvalue weighted by Crippen LogP contribution is 2.31. The van der Waals surface area contributed by atoms with Gasteiger partial charge in [0.05, 0.1) is 35.5 Å². The Bertz CT molecular complexity index is 1310. The zero-order chi connectivity index (χ0) is 19.3. The summed E-state index contributed by atoms with van der Waals surface area (Å²) >= 11 is 6.05. The summed E-state index contributed by atoms with van der Waals surface area (Å²) < 4.78 is 3.53. The van der Waals surface area contributed by atoms with E-state index in [1.165, 1.54) is 0 Å². The lowest BCUT2D eigenvalue weighted by molar-refractivity contribution is 0.746. The second kappa shape index (κ2) is 6.36. The predicted octanol–water partition coefficient (Wildman–Crippen LogP) is 2.77. The second-order valence-electron chi connectivity index (χ2n) is 6.54. The zero-order valence-electron chi connectivity index (χ0n) is 14.9. The largest absolute Gasteiger partial charge is 0.336 e. The van der Waals surface area contributed by atoms with Crippen LogP contribution >= 0.6 is 11.6 Å². The minimum atomic E-state index is -0.320. The van der Waals surface area contributed by atoms with Crippen molar-refractivity contribution in [2.45, 2.75) is 6.04 Å². The summed E-state index contributed by atoms with van der Waals surface area (Å²) in [5, 5.41) is 13.4. The Kier molecular flexibility index (Phi) is 3.81. The van der Waals surface area contributed by atoms with E-state index in [4.69, 9.17) is 17.3 Å². The molecule has 9 heteroatoms. The van der Waals surface area contributed by atoms with Crippen molar-refractivity contribution in [2.75, 3.05) is 0 Å². The average molecular weight is 391 g/mol. The predicted molar refractivity (Wildman–Crippen MR) is 106 cm³/mol. The summed E-state index contributed by atoms with van der Waals surface area (Å²) in [6.07, 6.45) is 3.51. The Hall–Kier alpha value is -3.36. The van der Waals surface area contributed by atoms with E-state index in [9.17, 15) is 0 Å². The van der Waals surface area contributed by atoms with Crippen molar-refractivity contribution in [1.29, 1.82) is 0 Å². The number of aryl methyl sites for hydroxylation is 1. The highest BCUT2D eigenvalue weighted by Gasteiger charge is 2.17. The smallest absolute Gasteiger partial charge is 0.274 e. The molecule has 0 radical (unpaired) electrons. The van der Waals surface area contributed by atoms with Gasteiger partial charge in [-0.3, -0.25) is 0 Å². The van der Waals surface area contributed by atoms with Gasteiger partial charge in [0.1, 0.15) is 0 Å². The van der Waals surface area contributed by atoms with Crippen LogP contribution in [0.3, 0.4) is 0 Å². The van der Waals surface area contributed by atoms with E-state index in [1.807, 2.05) is 54.1 Å². The van der Waals surface area contributed by atoms with E-state index >= 15 is 0 Å². The third-order valence-corrected chi connectivity index (χ3v) is 5.07. The molecule has 0 aliphatic heterocycles. The van der Waals surface area contributed by atoms with Crippen LogP contribution in [0.2, 0.25) is 5.02 Å². The van der Waals surface area contributed by atoms with Crippen molar-refractivity contribution in [3.05, 3.63) is 71.3 Å². The maximum Gasteiger partial charge on any atom is 0.274 e. The van der Waals surface area contributed by atoms with E-state index in [0.29, 0.717) is 10.8 Å². The zero-order valence-corrected chi connectivity index (χ0v) is 15.6. The van der Waals surface area contributed by atoms with Gasteiger partial charge in [-0.25, -0.2) is 9.97 Å². The van der Waals surface area contributed by atoms with E-state index in [0.717, 1.165) is 33.4 Å². The fraction of sp³-hybridized carbons (Fsp3) is 0.105. The summed E-state index contributed by atoms with van der Waals surface area (Å²) in [7, 11) is 1.93. The van der Waals surface area contributed by atoms with Crippen LogP contribution in [0.1, 0.15) is 17.3 Å². The van der Waals surface area contributed by atoms with Crippen LogP contribution in [0, 0.1) is 0 Å². The van der Waals surface area contributed by atoms with E-state index in [1.54, 1.807) is 17.0 Å². The van der Waals surface area contributed by atoms with Crippen LogP contribution in [0.5, 0.6) is 0 Å². The third-order valence-electron chi connectivity index (χ3n) is 4.82. The topological polar surface area (TPSA) is 99.8 Å². The molecule has 2 N–H and O–H groups in total. The molecule has 3 heterocycles. The molecular formula is C19H15ClN8. The Labute approximate surface area is 164 Å². The number of aromatic nitrogens is 7. The van der Waals surface area contributed by atoms with Crippen LogP contribution < -0.4 is 5.73 Å². The molecule has 1 atom stereocenters. The summed E-state index contributed by atoms with van der Waals surface area (Å²) in [5.74, 6) is 0.432. The van der Waals surface area contributed by atoms with Crippen LogP contribution in [0.4, 0.5) is 0 Å². The van der Waals surface area contributed by atoms with Gasteiger partial charge in [0.2, 0.25) is 0 Å². The van der Waals surface area contributed by atoms with E-state index in [-0.39, 0.29) is 6.04 Å². The first kappa shape index (κ1) is 16.8. The number of benzene rings is 2. The molecule has 0 fully saturated rings. The van der Waals surface area contributed by atoms with Crippen LogP contribution in [0.25, 0.3) is 27.9 Å². The lowest BCUT2D eigenvalue weighted by Crippen LogP contribution is -2.15. The molecule has 0 saturated heterocycles. The summed E-state index contributed by atoms with van der Waals surface area (Å²) in [5.41, 5.74) is 10.9. The van der Waals surface area contributed by atoms with Crippen LogP contribution in [0.15, 0.2) is 55.0 Å². The molecule has 0 amide bonds. The van der Waals surface area contributed by atoms with Gasteiger partial charge in [-0.15, -0.1) is 0 Å². The summed E-state index contributed by atoms with van der Waals surface area (Å²) in [6.45, 7) is 0. The van der Waals surface area contributed by atoms with Gasteiger partial charge in [-0.1, -0.05) is 34.9 Å². The average Bonchev–Trinajstić information content (AvgIpc) is 3.36. The second-order valence-corrected chi connectivity index (χ2v) is 6.98. The van der Waals surface area contributed by atoms with Crippen molar-refractivity contribution in [3.63, 3.8) is 0 Å². The molecule has 5 rings (SSSR count). The molecule has 8 nitrogen and oxygen atoms in total. The van der Waals surface area contributed by atoms with Crippen molar-refractivity contribution in [2.24, 2.45) is 12.8 Å². The van der Waals surface area contributed by atoms with Gasteiger partial charge < -0.3 is 10.3 Å².